The molecule has 2 aromatic heterocycles. The van der Waals surface area contributed by atoms with Gasteiger partial charge >= 0.3 is 0 Å². The highest BCUT2D eigenvalue weighted by Gasteiger charge is 2.08. The van der Waals surface area contributed by atoms with E-state index in [0.29, 0.717) is 0 Å². The molecule has 0 unspecified atom stereocenters. The summed E-state index contributed by atoms with van der Waals surface area (Å²) in [6, 6.07) is 27.5. The van der Waals surface area contributed by atoms with E-state index < -0.39 is 0 Å². The molecule has 0 aliphatic rings. The molecule has 0 spiro atoms. The summed E-state index contributed by atoms with van der Waals surface area (Å²) in [5.41, 5.74) is 6.04. The number of nitrogens with zero attached hydrogens (tertiary/aromatic N) is 2. The van der Waals surface area contributed by atoms with Gasteiger partial charge in [-0.3, -0.25) is 0 Å². The molecule has 2 aromatic carbocycles. The van der Waals surface area contributed by atoms with E-state index in [1.165, 1.54) is 28.1 Å². The van der Waals surface area contributed by atoms with E-state index in [9.17, 15) is 0 Å². The van der Waals surface area contributed by atoms with Crippen molar-refractivity contribution in [1.82, 2.24) is 0 Å². The molecule has 120 valence electrons. The minimum absolute atomic E-state index is 1.17. The van der Waals surface area contributed by atoms with Crippen LogP contribution in [0.25, 0.3) is 22.5 Å². The van der Waals surface area contributed by atoms with E-state index in [4.69, 9.17) is 0 Å². The molecule has 0 bridgehead atoms. The van der Waals surface area contributed by atoms with Crippen LogP contribution < -0.4 is 9.13 Å². The van der Waals surface area contributed by atoms with E-state index in [-0.39, 0.29) is 0 Å². The SMILES string of the molecule is Cc1ccc(-[n+]2ccc(-c3cc[n+](-c4ccccc4)cc3)cc2)cc1. The molecule has 0 saturated heterocycles. The van der Waals surface area contributed by atoms with Gasteiger partial charge in [-0.2, -0.15) is 9.13 Å². The highest BCUT2D eigenvalue weighted by atomic mass is 14.9. The third-order valence-electron chi connectivity index (χ3n) is 4.38. The Hall–Kier alpha value is -3.26. The van der Waals surface area contributed by atoms with Gasteiger partial charge in [-0.15, -0.1) is 0 Å². The highest BCUT2D eigenvalue weighted by molar-refractivity contribution is 5.61. The Morgan fingerprint density at radius 3 is 1.40 bits per heavy atom. The Morgan fingerprint density at radius 2 is 0.920 bits per heavy atom. The van der Waals surface area contributed by atoms with Crippen molar-refractivity contribution < 1.29 is 9.13 Å². The lowest BCUT2D eigenvalue weighted by atomic mass is 10.1. The van der Waals surface area contributed by atoms with Gasteiger partial charge in [0.1, 0.15) is 0 Å². The van der Waals surface area contributed by atoms with Crippen LogP contribution in [0.1, 0.15) is 5.56 Å². The third-order valence-corrected chi connectivity index (χ3v) is 4.38. The van der Waals surface area contributed by atoms with Gasteiger partial charge in [0.2, 0.25) is 11.4 Å². The van der Waals surface area contributed by atoms with E-state index in [1.54, 1.807) is 0 Å². The number of hydrogen-bond acceptors (Lipinski definition) is 0. The molecule has 0 atom stereocenters. The van der Waals surface area contributed by atoms with Gasteiger partial charge in [0.15, 0.2) is 24.8 Å². The number of aromatic nitrogens is 2. The first-order valence-electron chi connectivity index (χ1n) is 8.45. The zero-order valence-electron chi connectivity index (χ0n) is 14.2. The van der Waals surface area contributed by atoms with Crippen LogP contribution in [0, 0.1) is 6.92 Å². The van der Waals surface area contributed by atoms with Gasteiger partial charge < -0.3 is 0 Å². The Kier molecular flexibility index (Phi) is 4.09. The molecule has 0 N–H and O–H groups in total. The van der Waals surface area contributed by atoms with Crippen molar-refractivity contribution in [3.63, 3.8) is 0 Å². The first kappa shape index (κ1) is 15.3. The number of benzene rings is 2. The van der Waals surface area contributed by atoms with Crippen molar-refractivity contribution in [2.24, 2.45) is 0 Å². The van der Waals surface area contributed by atoms with Crippen molar-refractivity contribution in [2.45, 2.75) is 6.92 Å². The lowest BCUT2D eigenvalue weighted by Gasteiger charge is -2.01. The van der Waals surface area contributed by atoms with Gasteiger partial charge in [-0.1, -0.05) is 35.9 Å². The number of pyridine rings is 2. The van der Waals surface area contributed by atoms with Gasteiger partial charge in [0.25, 0.3) is 0 Å². The zero-order valence-corrected chi connectivity index (χ0v) is 14.2. The Balaban J connectivity index is 1.59. The van der Waals surface area contributed by atoms with E-state index >= 15 is 0 Å². The lowest BCUT2D eigenvalue weighted by Crippen LogP contribution is -2.29. The van der Waals surface area contributed by atoms with Crippen LogP contribution in [-0.4, -0.2) is 0 Å². The molecular formula is C23H20N2+2. The van der Waals surface area contributed by atoms with E-state index in [1.807, 2.05) is 6.07 Å². The first-order valence-corrected chi connectivity index (χ1v) is 8.45. The van der Waals surface area contributed by atoms with Crippen LogP contribution in [0.2, 0.25) is 0 Å². The van der Waals surface area contributed by atoms with Crippen LogP contribution in [0.5, 0.6) is 0 Å². The normalized spacial score (nSPS) is 10.6. The second-order valence-electron chi connectivity index (χ2n) is 6.16. The fraction of sp³-hybridized carbons (Fsp3) is 0.0435. The summed E-state index contributed by atoms with van der Waals surface area (Å²) in [6.07, 6.45) is 8.42. The van der Waals surface area contributed by atoms with Crippen molar-refractivity contribution in [2.75, 3.05) is 0 Å². The summed E-state index contributed by atoms with van der Waals surface area (Å²) in [7, 11) is 0. The van der Waals surface area contributed by atoms with Crippen molar-refractivity contribution in [3.05, 3.63) is 109 Å². The van der Waals surface area contributed by atoms with Gasteiger partial charge in [0.05, 0.1) is 0 Å². The van der Waals surface area contributed by atoms with Gasteiger partial charge in [-0.25, -0.2) is 0 Å². The maximum absolute atomic E-state index is 2.15. The van der Waals surface area contributed by atoms with Crippen molar-refractivity contribution in [1.29, 1.82) is 0 Å². The van der Waals surface area contributed by atoms with Crippen molar-refractivity contribution in [3.8, 4) is 22.5 Å². The molecule has 0 aliphatic heterocycles. The Labute approximate surface area is 148 Å². The topological polar surface area (TPSA) is 7.76 Å². The standard InChI is InChI=1S/C23H20N2/c1-19-7-9-23(10-8-19)25-17-13-21(14-18-25)20-11-15-24(16-12-20)22-5-3-2-4-6-22/h2-18H,1H3/q+2. The quantitative estimate of drug-likeness (QED) is 0.499. The number of hydrogen-bond donors (Lipinski definition) is 0. The molecule has 0 radical (unpaired) electrons. The predicted molar refractivity (Wildman–Crippen MR) is 99.7 cm³/mol. The van der Waals surface area contributed by atoms with Crippen LogP contribution >= 0.6 is 0 Å². The maximum atomic E-state index is 2.15. The lowest BCUT2D eigenvalue weighted by molar-refractivity contribution is -0.596. The molecule has 2 nitrogen and oxygen atoms in total. The molecule has 2 heteroatoms. The first-order chi connectivity index (χ1) is 12.3. The Bertz CT molecular complexity index is 955. The molecule has 4 aromatic rings. The van der Waals surface area contributed by atoms with Gasteiger partial charge in [0, 0.05) is 48.5 Å². The van der Waals surface area contributed by atoms with Crippen LogP contribution in [-0.2, 0) is 0 Å². The summed E-state index contributed by atoms with van der Waals surface area (Å²) in [6.45, 7) is 2.11. The minimum atomic E-state index is 1.17. The fourth-order valence-electron chi connectivity index (χ4n) is 2.90. The summed E-state index contributed by atoms with van der Waals surface area (Å²) in [5.74, 6) is 0. The second kappa shape index (κ2) is 6.70. The van der Waals surface area contributed by atoms with Crippen molar-refractivity contribution >= 4 is 0 Å². The minimum Gasteiger partial charge on any atom is -0.167 e. The van der Waals surface area contributed by atoms with E-state index in [2.05, 4.69) is 114 Å². The number of para-hydroxylation sites is 1. The van der Waals surface area contributed by atoms with Crippen LogP contribution in [0.3, 0.4) is 0 Å². The summed E-state index contributed by atoms with van der Waals surface area (Å²) >= 11 is 0. The zero-order chi connectivity index (χ0) is 17.1. The third kappa shape index (κ3) is 3.33. The van der Waals surface area contributed by atoms with Gasteiger partial charge in [-0.05, 0) is 18.1 Å². The number of aryl methyl sites for hydroxylation is 1. The largest absolute Gasteiger partial charge is 0.210 e. The highest BCUT2D eigenvalue weighted by Crippen LogP contribution is 2.16. The average molecular weight is 324 g/mol. The maximum Gasteiger partial charge on any atom is 0.210 e. The fourth-order valence-corrected chi connectivity index (χ4v) is 2.90. The molecule has 0 amide bonds. The molecular weight excluding hydrogens is 304 g/mol. The molecule has 0 saturated carbocycles. The molecule has 4 rings (SSSR count). The number of rotatable bonds is 3. The summed E-state index contributed by atoms with van der Waals surface area (Å²) < 4.78 is 4.26. The van der Waals surface area contributed by atoms with E-state index in [0.717, 1.165) is 0 Å². The smallest absolute Gasteiger partial charge is 0.167 e. The van der Waals surface area contributed by atoms with Crippen LogP contribution in [0.4, 0.5) is 0 Å². The molecule has 2 heterocycles. The van der Waals surface area contributed by atoms with Crippen LogP contribution in [0.15, 0.2) is 104 Å². The molecule has 0 fully saturated rings. The summed E-state index contributed by atoms with van der Waals surface area (Å²) in [5, 5.41) is 0. The molecule has 0 aliphatic carbocycles. The Morgan fingerprint density at radius 1 is 0.480 bits per heavy atom. The average Bonchev–Trinajstić information content (AvgIpc) is 2.70. The predicted octanol–water partition coefficient (Wildman–Crippen LogP) is 4.22. The molecule has 25 heavy (non-hydrogen) atoms. The second-order valence-corrected chi connectivity index (χ2v) is 6.16. The monoisotopic (exact) mass is 324 g/mol. The summed E-state index contributed by atoms with van der Waals surface area (Å²) in [4.78, 5) is 0.